The summed E-state index contributed by atoms with van der Waals surface area (Å²) in [4.78, 5) is 22.3. The van der Waals surface area contributed by atoms with E-state index in [0.717, 1.165) is 41.8 Å². The number of hydrogen-bond acceptors (Lipinski definition) is 7. The lowest BCUT2D eigenvalue weighted by Gasteiger charge is -2.21. The van der Waals surface area contributed by atoms with Gasteiger partial charge in [0.15, 0.2) is 5.13 Å². The molecule has 0 N–H and O–H groups in total. The van der Waals surface area contributed by atoms with E-state index in [1.54, 1.807) is 24.1 Å². The molecular formula is C25H32N4O4S2. The third kappa shape index (κ3) is 5.83. The van der Waals surface area contributed by atoms with Crippen LogP contribution >= 0.6 is 11.3 Å². The number of sulfonamides is 1. The van der Waals surface area contributed by atoms with Crippen molar-refractivity contribution in [3.8, 4) is 5.75 Å². The highest BCUT2D eigenvalue weighted by molar-refractivity contribution is 7.89. The molecule has 1 heterocycles. The molecule has 2 aromatic carbocycles. The molecule has 1 amide bonds. The predicted molar refractivity (Wildman–Crippen MR) is 140 cm³/mol. The standard InChI is InChI=1S/C25H32N4O4S2/c1-5-33-20-11-14-22-23(17-20)34-25(26-22)29(16-6-15-27(2)3)24(30)18-7-12-21(13-8-18)35(31,32)28(4)19-9-10-19/h7-8,11-14,17,19H,5-6,9-10,15-16H2,1-4H3. The van der Waals surface area contributed by atoms with Gasteiger partial charge in [-0.15, -0.1) is 0 Å². The van der Waals surface area contributed by atoms with E-state index in [9.17, 15) is 13.2 Å². The first-order valence-corrected chi connectivity index (χ1v) is 14.0. The number of thiazole rings is 1. The van der Waals surface area contributed by atoms with Gasteiger partial charge in [-0.05, 0) is 89.3 Å². The molecule has 10 heteroatoms. The van der Waals surface area contributed by atoms with Gasteiger partial charge in [0.2, 0.25) is 10.0 Å². The first kappa shape index (κ1) is 25.6. The van der Waals surface area contributed by atoms with Crippen LogP contribution < -0.4 is 9.64 Å². The van der Waals surface area contributed by atoms with Gasteiger partial charge in [-0.25, -0.2) is 13.4 Å². The molecule has 0 radical (unpaired) electrons. The van der Waals surface area contributed by atoms with Crippen molar-refractivity contribution >= 4 is 42.6 Å². The smallest absolute Gasteiger partial charge is 0.260 e. The van der Waals surface area contributed by atoms with E-state index >= 15 is 0 Å². The second-order valence-electron chi connectivity index (χ2n) is 8.95. The molecule has 35 heavy (non-hydrogen) atoms. The van der Waals surface area contributed by atoms with Gasteiger partial charge in [-0.2, -0.15) is 4.31 Å². The molecule has 4 rings (SSSR count). The maximum atomic E-state index is 13.6. The number of ether oxygens (including phenoxy) is 1. The highest BCUT2D eigenvalue weighted by Gasteiger charge is 2.35. The van der Waals surface area contributed by atoms with E-state index in [-0.39, 0.29) is 16.8 Å². The first-order valence-electron chi connectivity index (χ1n) is 11.8. The average Bonchev–Trinajstić information content (AvgIpc) is 3.60. The van der Waals surface area contributed by atoms with Gasteiger partial charge < -0.3 is 9.64 Å². The van der Waals surface area contributed by atoms with Crippen LogP contribution in [0.3, 0.4) is 0 Å². The number of nitrogens with zero attached hydrogens (tertiary/aromatic N) is 4. The van der Waals surface area contributed by atoms with E-state index in [2.05, 4.69) is 4.90 Å². The number of carbonyl (C=O) groups excluding carboxylic acids is 1. The maximum Gasteiger partial charge on any atom is 0.260 e. The Morgan fingerprint density at radius 3 is 2.43 bits per heavy atom. The van der Waals surface area contributed by atoms with Crippen molar-refractivity contribution in [1.29, 1.82) is 0 Å². The predicted octanol–water partition coefficient (Wildman–Crippen LogP) is 4.08. The Morgan fingerprint density at radius 1 is 1.09 bits per heavy atom. The SMILES string of the molecule is CCOc1ccc2nc(N(CCCN(C)C)C(=O)c3ccc(S(=O)(=O)N(C)C4CC4)cc3)sc2c1. The number of carbonyl (C=O) groups is 1. The largest absolute Gasteiger partial charge is 0.494 e. The number of aromatic nitrogens is 1. The minimum absolute atomic E-state index is 0.0794. The fourth-order valence-electron chi connectivity index (χ4n) is 3.82. The molecule has 0 aliphatic heterocycles. The molecule has 188 valence electrons. The maximum absolute atomic E-state index is 13.6. The van der Waals surface area contributed by atoms with Gasteiger partial charge in [0.05, 0.1) is 21.7 Å². The lowest BCUT2D eigenvalue weighted by molar-refractivity contribution is 0.0986. The van der Waals surface area contributed by atoms with Crippen LogP contribution in [0.5, 0.6) is 5.75 Å². The van der Waals surface area contributed by atoms with Crippen molar-refractivity contribution in [2.24, 2.45) is 0 Å². The zero-order chi connectivity index (χ0) is 25.2. The molecule has 1 aromatic heterocycles. The van der Waals surface area contributed by atoms with Crippen LogP contribution in [-0.2, 0) is 10.0 Å². The van der Waals surface area contributed by atoms with E-state index in [1.165, 1.54) is 27.8 Å². The fraction of sp³-hybridized carbons (Fsp3) is 0.440. The Kier molecular flexibility index (Phi) is 7.75. The monoisotopic (exact) mass is 516 g/mol. The fourth-order valence-corrected chi connectivity index (χ4v) is 6.25. The van der Waals surface area contributed by atoms with Crippen LogP contribution in [0.2, 0.25) is 0 Å². The summed E-state index contributed by atoms with van der Waals surface area (Å²) < 4.78 is 33.6. The van der Waals surface area contributed by atoms with Crippen LogP contribution in [0.15, 0.2) is 47.4 Å². The normalized spacial score (nSPS) is 14.1. The first-order chi connectivity index (χ1) is 16.7. The highest BCUT2D eigenvalue weighted by Crippen LogP contribution is 2.33. The van der Waals surface area contributed by atoms with Crippen LogP contribution in [0, 0.1) is 0 Å². The van der Waals surface area contributed by atoms with Crippen LogP contribution in [0.25, 0.3) is 10.2 Å². The highest BCUT2D eigenvalue weighted by atomic mass is 32.2. The zero-order valence-corrected chi connectivity index (χ0v) is 22.2. The van der Waals surface area contributed by atoms with E-state index in [0.29, 0.717) is 23.8 Å². The van der Waals surface area contributed by atoms with E-state index < -0.39 is 10.0 Å². The van der Waals surface area contributed by atoms with Crippen molar-refractivity contribution in [2.45, 2.75) is 37.1 Å². The average molecular weight is 517 g/mol. The number of rotatable bonds is 11. The summed E-state index contributed by atoms with van der Waals surface area (Å²) in [6, 6.07) is 12.0. The second-order valence-corrected chi connectivity index (χ2v) is 12.0. The minimum Gasteiger partial charge on any atom is -0.494 e. The molecule has 1 aliphatic carbocycles. The lowest BCUT2D eigenvalue weighted by Crippen LogP contribution is -2.33. The summed E-state index contributed by atoms with van der Waals surface area (Å²) >= 11 is 1.45. The van der Waals surface area contributed by atoms with Crippen molar-refractivity contribution in [1.82, 2.24) is 14.2 Å². The molecule has 0 unspecified atom stereocenters. The Hall–Kier alpha value is -2.53. The second kappa shape index (κ2) is 10.6. The van der Waals surface area contributed by atoms with Crippen LogP contribution in [0.4, 0.5) is 5.13 Å². The molecular weight excluding hydrogens is 484 g/mol. The number of anilines is 1. The van der Waals surface area contributed by atoms with E-state index in [4.69, 9.17) is 9.72 Å². The van der Waals surface area contributed by atoms with Crippen molar-refractivity contribution in [3.05, 3.63) is 48.0 Å². The molecule has 0 spiro atoms. The Labute approximate surface area is 211 Å². The number of hydrogen-bond donors (Lipinski definition) is 0. The molecule has 1 saturated carbocycles. The van der Waals surface area contributed by atoms with Gasteiger partial charge in [-0.3, -0.25) is 9.69 Å². The van der Waals surface area contributed by atoms with Gasteiger partial charge in [0.1, 0.15) is 5.75 Å². The molecule has 3 aromatic rings. The summed E-state index contributed by atoms with van der Waals surface area (Å²) in [5.41, 5.74) is 1.24. The molecule has 0 bridgehead atoms. The van der Waals surface area contributed by atoms with Gasteiger partial charge >= 0.3 is 0 Å². The molecule has 1 fully saturated rings. The summed E-state index contributed by atoms with van der Waals surface area (Å²) in [5.74, 6) is 0.570. The summed E-state index contributed by atoms with van der Waals surface area (Å²) in [6.45, 7) is 3.84. The van der Waals surface area contributed by atoms with Gasteiger partial charge in [0.25, 0.3) is 5.91 Å². The molecule has 8 nitrogen and oxygen atoms in total. The number of fused-ring (bicyclic) bond motifs is 1. The van der Waals surface area contributed by atoms with Crippen molar-refractivity contribution < 1.29 is 17.9 Å². The Balaban J connectivity index is 1.61. The topological polar surface area (TPSA) is 83.0 Å². The summed E-state index contributed by atoms with van der Waals surface area (Å²) in [5, 5.41) is 0.613. The zero-order valence-electron chi connectivity index (χ0n) is 20.6. The Bertz CT molecular complexity index is 1280. The number of amides is 1. The number of benzene rings is 2. The van der Waals surface area contributed by atoms with Gasteiger partial charge in [0, 0.05) is 25.2 Å². The van der Waals surface area contributed by atoms with Crippen molar-refractivity contribution in [3.63, 3.8) is 0 Å². The minimum atomic E-state index is -3.56. The Morgan fingerprint density at radius 2 is 1.80 bits per heavy atom. The molecule has 0 atom stereocenters. The third-order valence-electron chi connectivity index (χ3n) is 5.96. The van der Waals surface area contributed by atoms with E-state index in [1.807, 2.05) is 39.2 Å². The summed E-state index contributed by atoms with van der Waals surface area (Å²) in [7, 11) is 2.05. The van der Waals surface area contributed by atoms with Crippen LogP contribution in [-0.4, -0.2) is 75.4 Å². The molecule has 1 aliphatic rings. The van der Waals surface area contributed by atoms with Crippen LogP contribution in [0.1, 0.15) is 36.5 Å². The van der Waals surface area contributed by atoms with Crippen molar-refractivity contribution in [2.75, 3.05) is 45.7 Å². The summed E-state index contributed by atoms with van der Waals surface area (Å²) in [6.07, 6.45) is 2.56. The molecule has 0 saturated heterocycles. The quantitative estimate of drug-likeness (QED) is 0.382. The lowest BCUT2D eigenvalue weighted by atomic mass is 10.2. The van der Waals surface area contributed by atoms with Gasteiger partial charge in [-0.1, -0.05) is 11.3 Å². The third-order valence-corrected chi connectivity index (χ3v) is 8.93.